The fourth-order valence-corrected chi connectivity index (χ4v) is 3.71. The van der Waals surface area contributed by atoms with Gasteiger partial charge in [-0.3, -0.25) is 4.79 Å². The van der Waals surface area contributed by atoms with E-state index in [2.05, 4.69) is 29.6 Å². The van der Waals surface area contributed by atoms with Crippen LogP contribution in [0.1, 0.15) is 36.8 Å². The number of hydrogen-bond donors (Lipinski definition) is 1. The lowest BCUT2D eigenvalue weighted by Crippen LogP contribution is -2.44. The Labute approximate surface area is 160 Å². The van der Waals surface area contributed by atoms with Gasteiger partial charge in [0.1, 0.15) is 0 Å². The fraction of sp³-hybridized carbons (Fsp3) is 0.409. The Balaban J connectivity index is 1.54. The maximum Gasteiger partial charge on any atom is 0.220 e. The normalized spacial score (nSPS) is 16.2. The number of nitrogens with one attached hydrogen (secondary N) is 1. The van der Waals surface area contributed by atoms with Crippen molar-refractivity contribution in [2.45, 2.75) is 37.5 Å². The lowest BCUT2D eigenvalue weighted by molar-refractivity contribution is -0.121. The third-order valence-electron chi connectivity index (χ3n) is 5.24. The Morgan fingerprint density at radius 2 is 1.73 bits per heavy atom. The molecule has 0 atom stereocenters. The van der Waals surface area contributed by atoms with Crippen LogP contribution < -0.4 is 5.32 Å². The number of rotatable bonds is 7. The van der Waals surface area contributed by atoms with Gasteiger partial charge in [0.15, 0.2) is 0 Å². The minimum atomic E-state index is -0.0576. The number of amides is 1. The van der Waals surface area contributed by atoms with Gasteiger partial charge in [0, 0.05) is 36.6 Å². The third-order valence-corrected chi connectivity index (χ3v) is 5.49. The second-order valence-electron chi connectivity index (χ2n) is 7.02. The highest BCUT2D eigenvalue weighted by Crippen LogP contribution is 2.34. The molecule has 0 aliphatic carbocycles. The van der Waals surface area contributed by atoms with E-state index in [1.54, 1.807) is 0 Å². The molecular formula is C22H26ClNO2. The molecule has 2 aromatic rings. The lowest BCUT2D eigenvalue weighted by Gasteiger charge is -2.38. The van der Waals surface area contributed by atoms with Crippen molar-refractivity contribution in [3.63, 3.8) is 0 Å². The van der Waals surface area contributed by atoms with Gasteiger partial charge in [0.2, 0.25) is 5.91 Å². The second kappa shape index (κ2) is 9.20. The van der Waals surface area contributed by atoms with E-state index in [1.165, 1.54) is 11.1 Å². The molecule has 0 saturated carbocycles. The highest BCUT2D eigenvalue weighted by atomic mass is 35.5. The maximum atomic E-state index is 12.3. The summed E-state index contributed by atoms with van der Waals surface area (Å²) in [6, 6.07) is 18.3. The quantitative estimate of drug-likeness (QED) is 0.776. The molecule has 1 heterocycles. The lowest BCUT2D eigenvalue weighted by atomic mass is 9.74. The average molecular weight is 372 g/mol. The van der Waals surface area contributed by atoms with Crippen LogP contribution in [-0.4, -0.2) is 25.7 Å². The summed E-state index contributed by atoms with van der Waals surface area (Å²) >= 11 is 6.04. The summed E-state index contributed by atoms with van der Waals surface area (Å²) in [6.07, 6.45) is 4.19. The zero-order chi connectivity index (χ0) is 18.2. The number of carbonyl (C=O) groups excluding carboxylic acids is 1. The SMILES string of the molecule is O=C(CCCc1ccccc1)NCC1(c2ccc(Cl)cc2)CCOCC1. The van der Waals surface area contributed by atoms with Crippen molar-refractivity contribution in [3.8, 4) is 0 Å². The fourth-order valence-electron chi connectivity index (χ4n) is 3.59. The molecule has 3 rings (SSSR count). The Morgan fingerprint density at radius 1 is 1.04 bits per heavy atom. The van der Waals surface area contributed by atoms with Crippen LogP contribution >= 0.6 is 11.6 Å². The zero-order valence-corrected chi connectivity index (χ0v) is 15.8. The first-order chi connectivity index (χ1) is 12.7. The number of hydrogen-bond acceptors (Lipinski definition) is 2. The predicted molar refractivity (Wildman–Crippen MR) is 106 cm³/mol. The molecule has 0 aromatic heterocycles. The van der Waals surface area contributed by atoms with Crippen molar-refractivity contribution in [1.29, 1.82) is 0 Å². The summed E-state index contributed by atoms with van der Waals surface area (Å²) in [5.74, 6) is 0.126. The molecule has 1 aliphatic rings. The Bertz CT molecular complexity index is 694. The summed E-state index contributed by atoms with van der Waals surface area (Å²) in [5.41, 5.74) is 2.45. The smallest absolute Gasteiger partial charge is 0.220 e. The number of benzene rings is 2. The molecule has 4 heteroatoms. The molecule has 0 radical (unpaired) electrons. The third kappa shape index (κ3) is 5.09. The maximum absolute atomic E-state index is 12.3. The van der Waals surface area contributed by atoms with Gasteiger partial charge in [-0.1, -0.05) is 54.1 Å². The highest BCUT2D eigenvalue weighted by Gasteiger charge is 2.34. The van der Waals surface area contributed by atoms with E-state index in [-0.39, 0.29) is 11.3 Å². The van der Waals surface area contributed by atoms with Gasteiger partial charge in [-0.25, -0.2) is 0 Å². The number of carbonyl (C=O) groups is 1. The van der Waals surface area contributed by atoms with E-state index in [0.717, 1.165) is 43.9 Å². The summed E-state index contributed by atoms with van der Waals surface area (Å²) < 4.78 is 5.55. The van der Waals surface area contributed by atoms with Crippen LogP contribution in [-0.2, 0) is 21.4 Å². The van der Waals surface area contributed by atoms with E-state index in [1.807, 2.05) is 30.3 Å². The van der Waals surface area contributed by atoms with Crippen LogP contribution in [0.4, 0.5) is 0 Å². The van der Waals surface area contributed by atoms with Crippen LogP contribution in [0.2, 0.25) is 5.02 Å². The zero-order valence-electron chi connectivity index (χ0n) is 15.0. The predicted octanol–water partition coefficient (Wildman–Crippen LogP) is 4.53. The Morgan fingerprint density at radius 3 is 2.42 bits per heavy atom. The first-order valence-corrected chi connectivity index (χ1v) is 9.70. The molecule has 1 aliphatic heterocycles. The van der Waals surface area contributed by atoms with Gasteiger partial charge < -0.3 is 10.1 Å². The van der Waals surface area contributed by atoms with E-state index >= 15 is 0 Å². The first kappa shape index (κ1) is 18.9. The molecule has 1 N–H and O–H groups in total. The van der Waals surface area contributed by atoms with E-state index in [4.69, 9.17) is 16.3 Å². The van der Waals surface area contributed by atoms with E-state index in [0.29, 0.717) is 13.0 Å². The molecule has 2 aromatic carbocycles. The molecular weight excluding hydrogens is 346 g/mol. The van der Waals surface area contributed by atoms with Crippen LogP contribution in [0.25, 0.3) is 0 Å². The molecule has 0 unspecified atom stereocenters. The van der Waals surface area contributed by atoms with Gasteiger partial charge in [0.25, 0.3) is 0 Å². The Kier molecular flexibility index (Phi) is 6.70. The molecule has 138 valence electrons. The van der Waals surface area contributed by atoms with Crippen LogP contribution in [0.15, 0.2) is 54.6 Å². The molecule has 1 saturated heterocycles. The van der Waals surface area contributed by atoms with Crippen molar-refractivity contribution in [3.05, 3.63) is 70.7 Å². The number of ether oxygens (including phenoxy) is 1. The van der Waals surface area contributed by atoms with Crippen molar-refractivity contribution in [2.24, 2.45) is 0 Å². The van der Waals surface area contributed by atoms with E-state index in [9.17, 15) is 4.79 Å². The minimum Gasteiger partial charge on any atom is -0.381 e. The summed E-state index contributed by atoms with van der Waals surface area (Å²) in [5, 5.41) is 3.90. The number of halogens is 1. The molecule has 26 heavy (non-hydrogen) atoms. The van der Waals surface area contributed by atoms with Gasteiger partial charge >= 0.3 is 0 Å². The summed E-state index contributed by atoms with van der Waals surface area (Å²) in [7, 11) is 0. The number of aryl methyl sites for hydroxylation is 1. The summed E-state index contributed by atoms with van der Waals surface area (Å²) in [6.45, 7) is 2.11. The highest BCUT2D eigenvalue weighted by molar-refractivity contribution is 6.30. The van der Waals surface area contributed by atoms with Crippen LogP contribution in [0.3, 0.4) is 0 Å². The van der Waals surface area contributed by atoms with Gasteiger partial charge in [0.05, 0.1) is 0 Å². The molecule has 1 fully saturated rings. The molecule has 3 nitrogen and oxygen atoms in total. The van der Waals surface area contributed by atoms with Gasteiger partial charge in [-0.2, -0.15) is 0 Å². The van der Waals surface area contributed by atoms with Crippen molar-refractivity contribution < 1.29 is 9.53 Å². The van der Waals surface area contributed by atoms with Crippen molar-refractivity contribution in [1.82, 2.24) is 5.32 Å². The monoisotopic (exact) mass is 371 g/mol. The van der Waals surface area contributed by atoms with Crippen molar-refractivity contribution >= 4 is 17.5 Å². The van der Waals surface area contributed by atoms with Gasteiger partial charge in [-0.05, 0) is 48.9 Å². The largest absolute Gasteiger partial charge is 0.381 e. The standard InChI is InChI=1S/C22H26ClNO2/c23-20-11-9-19(10-12-20)22(13-15-26-16-14-22)17-24-21(25)8-4-7-18-5-2-1-3-6-18/h1-3,5-6,9-12H,4,7-8,13-17H2,(H,24,25). The summed E-state index contributed by atoms with van der Waals surface area (Å²) in [4.78, 5) is 12.3. The van der Waals surface area contributed by atoms with Gasteiger partial charge in [-0.15, -0.1) is 0 Å². The molecule has 1 amide bonds. The van der Waals surface area contributed by atoms with Crippen LogP contribution in [0, 0.1) is 0 Å². The first-order valence-electron chi connectivity index (χ1n) is 9.32. The topological polar surface area (TPSA) is 38.3 Å². The minimum absolute atomic E-state index is 0.0576. The molecule has 0 spiro atoms. The molecule has 0 bridgehead atoms. The van der Waals surface area contributed by atoms with Crippen molar-refractivity contribution in [2.75, 3.05) is 19.8 Å². The van der Waals surface area contributed by atoms with Crippen LogP contribution in [0.5, 0.6) is 0 Å². The Hall–Kier alpha value is -1.84. The van der Waals surface area contributed by atoms with E-state index < -0.39 is 0 Å². The average Bonchev–Trinajstić information content (AvgIpc) is 2.68. The second-order valence-corrected chi connectivity index (χ2v) is 7.45.